The first-order valence-corrected chi connectivity index (χ1v) is 12.3. The molecule has 1 aliphatic heterocycles. The minimum absolute atomic E-state index is 0.0890. The van der Waals surface area contributed by atoms with Crippen molar-refractivity contribution in [2.75, 3.05) is 32.6 Å². The van der Waals surface area contributed by atoms with Crippen LogP contribution in [0.25, 0.3) is 0 Å². The topological polar surface area (TPSA) is 119 Å². The molecular formula is C22H23BrN2O7S. The normalized spacial score (nSPS) is 15.0. The highest BCUT2D eigenvalue weighted by atomic mass is 79.9. The van der Waals surface area contributed by atoms with Gasteiger partial charge >= 0.3 is 11.9 Å². The Morgan fingerprint density at radius 2 is 1.45 bits per heavy atom. The number of carbonyl (C=O) groups is 3. The molecular weight excluding hydrogens is 516 g/mol. The number of sulfonamides is 1. The van der Waals surface area contributed by atoms with Crippen LogP contribution < -0.4 is 5.32 Å². The van der Waals surface area contributed by atoms with Gasteiger partial charge in [-0.15, -0.1) is 0 Å². The first kappa shape index (κ1) is 24.9. The van der Waals surface area contributed by atoms with E-state index in [-0.39, 0.29) is 40.7 Å². The zero-order chi connectivity index (χ0) is 24.2. The van der Waals surface area contributed by atoms with Crippen LogP contribution in [0.2, 0.25) is 0 Å². The third kappa shape index (κ3) is 5.79. The third-order valence-electron chi connectivity index (χ3n) is 5.32. The number of nitrogens with one attached hydrogen (secondary N) is 1. The number of rotatable bonds is 6. The zero-order valence-corrected chi connectivity index (χ0v) is 20.4. The Hall–Kier alpha value is -2.76. The van der Waals surface area contributed by atoms with Crippen molar-refractivity contribution in [3.63, 3.8) is 0 Å². The summed E-state index contributed by atoms with van der Waals surface area (Å²) in [5, 5.41) is 2.71. The average Bonchev–Trinajstić information content (AvgIpc) is 2.83. The Morgan fingerprint density at radius 1 is 0.939 bits per heavy atom. The monoisotopic (exact) mass is 538 g/mol. The summed E-state index contributed by atoms with van der Waals surface area (Å²) in [6.07, 6.45) is 0.671. The molecule has 176 valence electrons. The second-order valence-corrected chi connectivity index (χ2v) is 10.3. The van der Waals surface area contributed by atoms with Gasteiger partial charge in [0, 0.05) is 29.2 Å². The van der Waals surface area contributed by atoms with Crippen LogP contribution in [0, 0.1) is 5.92 Å². The van der Waals surface area contributed by atoms with Crippen molar-refractivity contribution in [1.29, 1.82) is 0 Å². The first-order valence-electron chi connectivity index (χ1n) is 10.0. The predicted octanol–water partition coefficient (Wildman–Crippen LogP) is 3.06. The number of benzene rings is 2. The molecule has 11 heteroatoms. The second kappa shape index (κ2) is 10.4. The lowest BCUT2D eigenvalue weighted by atomic mass is 9.97. The Bertz CT molecular complexity index is 1120. The van der Waals surface area contributed by atoms with Gasteiger partial charge in [0.2, 0.25) is 15.9 Å². The lowest BCUT2D eigenvalue weighted by Gasteiger charge is -2.30. The van der Waals surface area contributed by atoms with E-state index in [1.54, 1.807) is 12.1 Å². The minimum atomic E-state index is -3.64. The molecule has 0 bridgehead atoms. The minimum Gasteiger partial charge on any atom is -0.465 e. The number of ether oxygens (including phenoxy) is 2. The molecule has 1 heterocycles. The van der Waals surface area contributed by atoms with Gasteiger partial charge in [0.15, 0.2) is 0 Å². The molecule has 9 nitrogen and oxygen atoms in total. The van der Waals surface area contributed by atoms with E-state index in [1.165, 1.54) is 48.9 Å². The maximum atomic E-state index is 12.8. The zero-order valence-electron chi connectivity index (χ0n) is 18.0. The molecule has 0 spiro atoms. The maximum absolute atomic E-state index is 12.8. The van der Waals surface area contributed by atoms with Gasteiger partial charge in [-0.2, -0.15) is 4.31 Å². The van der Waals surface area contributed by atoms with Crippen molar-refractivity contribution >= 4 is 49.5 Å². The van der Waals surface area contributed by atoms with E-state index in [0.29, 0.717) is 12.8 Å². The molecule has 1 aliphatic rings. The Balaban J connectivity index is 1.69. The molecule has 2 aromatic rings. The second-order valence-electron chi connectivity index (χ2n) is 7.40. The Labute approximate surface area is 200 Å². The number of anilines is 1. The third-order valence-corrected chi connectivity index (χ3v) is 7.76. The van der Waals surface area contributed by atoms with E-state index in [4.69, 9.17) is 9.47 Å². The fourth-order valence-electron chi connectivity index (χ4n) is 3.53. The van der Waals surface area contributed by atoms with Gasteiger partial charge in [-0.05, 0) is 55.3 Å². The molecule has 0 atom stereocenters. The van der Waals surface area contributed by atoms with Crippen LogP contribution in [0.4, 0.5) is 5.69 Å². The molecule has 1 amide bonds. The number of methoxy groups -OCH3 is 2. The van der Waals surface area contributed by atoms with Crippen LogP contribution in [-0.4, -0.2) is 57.9 Å². The molecule has 0 unspecified atom stereocenters. The van der Waals surface area contributed by atoms with Crippen molar-refractivity contribution < 1.29 is 32.3 Å². The summed E-state index contributed by atoms with van der Waals surface area (Å²) in [6, 6.07) is 10.5. The molecule has 33 heavy (non-hydrogen) atoms. The standard InChI is InChI=1S/C22H23BrN2O7S/c1-31-21(27)15-11-16(22(28)32-2)13-18(12-15)24-20(26)14-7-9-25(10-8-14)33(29,30)19-5-3-17(23)4-6-19/h3-6,11-14H,7-10H2,1-2H3,(H,24,26). The summed E-state index contributed by atoms with van der Waals surface area (Å²) in [5.74, 6) is -2.08. The first-order chi connectivity index (χ1) is 15.6. The smallest absolute Gasteiger partial charge is 0.337 e. The van der Waals surface area contributed by atoms with Gasteiger partial charge in [0.05, 0.1) is 30.2 Å². The number of hydrogen-bond acceptors (Lipinski definition) is 7. The van der Waals surface area contributed by atoms with Crippen molar-refractivity contribution in [2.24, 2.45) is 5.92 Å². The molecule has 0 saturated carbocycles. The summed E-state index contributed by atoms with van der Waals surface area (Å²) < 4.78 is 37.2. The van der Waals surface area contributed by atoms with Crippen LogP contribution in [-0.2, 0) is 24.3 Å². The largest absolute Gasteiger partial charge is 0.465 e. The van der Waals surface area contributed by atoms with Crippen LogP contribution in [0.5, 0.6) is 0 Å². The number of hydrogen-bond donors (Lipinski definition) is 1. The van der Waals surface area contributed by atoms with Crippen molar-refractivity contribution in [3.8, 4) is 0 Å². The van der Waals surface area contributed by atoms with Crippen LogP contribution in [0.1, 0.15) is 33.6 Å². The van der Waals surface area contributed by atoms with Crippen molar-refractivity contribution in [1.82, 2.24) is 4.31 Å². The van der Waals surface area contributed by atoms with Crippen LogP contribution >= 0.6 is 15.9 Å². The summed E-state index contributed by atoms with van der Waals surface area (Å²) in [5.41, 5.74) is 0.422. The van der Waals surface area contributed by atoms with Gasteiger partial charge in [-0.3, -0.25) is 4.79 Å². The fourth-order valence-corrected chi connectivity index (χ4v) is 5.26. The number of piperidine rings is 1. The van der Waals surface area contributed by atoms with E-state index in [2.05, 4.69) is 21.2 Å². The highest BCUT2D eigenvalue weighted by Crippen LogP contribution is 2.26. The van der Waals surface area contributed by atoms with Crippen molar-refractivity contribution in [3.05, 3.63) is 58.1 Å². The molecule has 2 aromatic carbocycles. The molecule has 3 rings (SSSR count). The maximum Gasteiger partial charge on any atom is 0.337 e. The Kier molecular flexibility index (Phi) is 7.88. The van der Waals surface area contributed by atoms with Gasteiger partial charge < -0.3 is 14.8 Å². The summed E-state index contributed by atoms with van der Waals surface area (Å²) in [7, 11) is -1.23. The number of nitrogens with zero attached hydrogens (tertiary/aromatic N) is 1. The SMILES string of the molecule is COC(=O)c1cc(NC(=O)C2CCN(S(=O)(=O)c3ccc(Br)cc3)CC2)cc(C(=O)OC)c1. The number of carbonyl (C=O) groups excluding carboxylic acids is 3. The number of halogens is 1. The van der Waals surface area contributed by atoms with E-state index >= 15 is 0 Å². The quantitative estimate of drug-likeness (QED) is 0.561. The predicted molar refractivity (Wildman–Crippen MR) is 123 cm³/mol. The lowest BCUT2D eigenvalue weighted by Crippen LogP contribution is -2.41. The number of esters is 2. The van der Waals surface area contributed by atoms with Crippen molar-refractivity contribution in [2.45, 2.75) is 17.7 Å². The summed E-state index contributed by atoms with van der Waals surface area (Å²) in [6.45, 7) is 0.401. The number of amides is 1. The summed E-state index contributed by atoms with van der Waals surface area (Å²) >= 11 is 3.29. The molecule has 1 saturated heterocycles. The van der Waals surface area contributed by atoms with Gasteiger partial charge in [-0.25, -0.2) is 18.0 Å². The molecule has 0 radical (unpaired) electrons. The van der Waals surface area contributed by atoms with E-state index in [1.807, 2.05) is 0 Å². The highest BCUT2D eigenvalue weighted by molar-refractivity contribution is 9.10. The van der Waals surface area contributed by atoms with Crippen LogP contribution in [0.15, 0.2) is 51.8 Å². The van der Waals surface area contributed by atoms with Gasteiger partial charge in [0.1, 0.15) is 0 Å². The molecule has 1 N–H and O–H groups in total. The molecule has 0 aliphatic carbocycles. The van der Waals surface area contributed by atoms with Gasteiger partial charge in [0.25, 0.3) is 0 Å². The lowest BCUT2D eigenvalue weighted by molar-refractivity contribution is -0.120. The molecule has 1 fully saturated rings. The summed E-state index contributed by atoms with van der Waals surface area (Å²) in [4.78, 5) is 36.9. The van der Waals surface area contributed by atoms with Crippen LogP contribution in [0.3, 0.4) is 0 Å². The van der Waals surface area contributed by atoms with Gasteiger partial charge in [-0.1, -0.05) is 15.9 Å². The average molecular weight is 539 g/mol. The van der Waals surface area contributed by atoms with E-state index < -0.39 is 27.9 Å². The molecule has 0 aromatic heterocycles. The van der Waals surface area contributed by atoms with E-state index in [9.17, 15) is 22.8 Å². The highest BCUT2D eigenvalue weighted by Gasteiger charge is 2.32. The Morgan fingerprint density at radius 3 is 1.94 bits per heavy atom. The van der Waals surface area contributed by atoms with E-state index in [0.717, 1.165) is 4.47 Å². The fraction of sp³-hybridized carbons (Fsp3) is 0.318.